The van der Waals surface area contributed by atoms with Crippen LogP contribution in [-0.2, 0) is 0 Å². The lowest BCUT2D eigenvalue weighted by atomic mass is 10.1. The van der Waals surface area contributed by atoms with Crippen molar-refractivity contribution in [3.05, 3.63) is 47.5 Å². The molecule has 0 aliphatic rings. The van der Waals surface area contributed by atoms with Crippen LogP contribution in [0.1, 0.15) is 9.67 Å². The Morgan fingerprint density at radius 2 is 1.95 bits per heavy atom. The van der Waals surface area contributed by atoms with E-state index in [-0.39, 0.29) is 0 Å². The summed E-state index contributed by atoms with van der Waals surface area (Å²) in [5.74, 6) is 0.845. The van der Waals surface area contributed by atoms with Gasteiger partial charge in [-0.25, -0.2) is 4.98 Å². The lowest BCUT2D eigenvalue weighted by Gasteiger charge is -2.04. The molecule has 0 N–H and O–H groups in total. The predicted molar refractivity (Wildman–Crippen MR) is 77.0 cm³/mol. The lowest BCUT2D eigenvalue weighted by Crippen LogP contribution is -1.83. The number of nitrogens with zero attached hydrogens (tertiary/aromatic N) is 1. The van der Waals surface area contributed by atoms with Gasteiger partial charge in [0.25, 0.3) is 0 Å². The first-order valence-electron chi connectivity index (χ1n) is 5.79. The number of aromatic nitrogens is 1. The molecule has 19 heavy (non-hydrogen) atoms. The van der Waals surface area contributed by atoms with Gasteiger partial charge < -0.3 is 4.74 Å². The molecule has 0 aliphatic heterocycles. The zero-order valence-corrected chi connectivity index (χ0v) is 11.1. The minimum Gasteiger partial charge on any atom is -0.497 e. The molecular formula is C15H11NO2S. The molecule has 3 rings (SSSR count). The average Bonchev–Trinajstić information content (AvgIpc) is 2.95. The first-order chi connectivity index (χ1) is 9.30. The van der Waals surface area contributed by atoms with Crippen LogP contribution in [-0.4, -0.2) is 18.4 Å². The molecule has 1 aromatic heterocycles. The molecular weight excluding hydrogens is 258 g/mol. The predicted octanol–water partition coefficient (Wildman–Crippen LogP) is 3.78. The maximum atomic E-state index is 10.7. The van der Waals surface area contributed by atoms with Gasteiger partial charge in [0.15, 0.2) is 6.29 Å². The van der Waals surface area contributed by atoms with Gasteiger partial charge in [-0.2, -0.15) is 0 Å². The van der Waals surface area contributed by atoms with Gasteiger partial charge in [0.2, 0.25) is 0 Å². The van der Waals surface area contributed by atoms with Gasteiger partial charge >= 0.3 is 0 Å². The van der Waals surface area contributed by atoms with E-state index in [0.29, 0.717) is 4.88 Å². The maximum Gasteiger partial charge on any atom is 0.161 e. The van der Waals surface area contributed by atoms with Crippen molar-refractivity contribution >= 4 is 28.4 Å². The quantitative estimate of drug-likeness (QED) is 0.679. The minimum atomic E-state index is 0.643. The number of hydrogen-bond donors (Lipinski definition) is 0. The summed E-state index contributed by atoms with van der Waals surface area (Å²) in [5.41, 5.74) is 1.02. The summed E-state index contributed by atoms with van der Waals surface area (Å²) in [7, 11) is 1.66. The Morgan fingerprint density at radius 3 is 2.68 bits per heavy atom. The van der Waals surface area contributed by atoms with Crippen LogP contribution < -0.4 is 4.74 Å². The van der Waals surface area contributed by atoms with Crippen molar-refractivity contribution in [3.8, 4) is 16.3 Å². The van der Waals surface area contributed by atoms with Crippen molar-refractivity contribution in [3.63, 3.8) is 0 Å². The van der Waals surface area contributed by atoms with E-state index in [1.54, 1.807) is 13.3 Å². The van der Waals surface area contributed by atoms with Crippen molar-refractivity contribution in [2.45, 2.75) is 0 Å². The first kappa shape index (κ1) is 11.9. The number of methoxy groups -OCH3 is 1. The summed E-state index contributed by atoms with van der Waals surface area (Å²) in [6.07, 6.45) is 2.43. The van der Waals surface area contributed by atoms with Gasteiger partial charge in [0.1, 0.15) is 10.8 Å². The molecule has 2 aromatic carbocycles. The number of aldehydes is 1. The van der Waals surface area contributed by atoms with E-state index >= 15 is 0 Å². The van der Waals surface area contributed by atoms with Crippen LogP contribution in [0.4, 0.5) is 0 Å². The Labute approximate surface area is 114 Å². The molecule has 0 atom stereocenters. The fourth-order valence-electron chi connectivity index (χ4n) is 1.96. The van der Waals surface area contributed by atoms with E-state index in [1.165, 1.54) is 11.3 Å². The van der Waals surface area contributed by atoms with Gasteiger partial charge in [0, 0.05) is 11.8 Å². The number of hydrogen-bond acceptors (Lipinski definition) is 4. The Hall–Kier alpha value is -2.20. The summed E-state index contributed by atoms with van der Waals surface area (Å²) in [5, 5.41) is 3.11. The minimum absolute atomic E-state index is 0.643. The third kappa shape index (κ3) is 2.22. The molecule has 3 nitrogen and oxygen atoms in total. The lowest BCUT2D eigenvalue weighted by molar-refractivity contribution is 0.112. The Morgan fingerprint density at radius 1 is 1.16 bits per heavy atom. The van der Waals surface area contributed by atoms with E-state index in [4.69, 9.17) is 4.74 Å². The molecule has 0 aliphatic carbocycles. The van der Waals surface area contributed by atoms with Crippen molar-refractivity contribution in [1.29, 1.82) is 0 Å². The highest BCUT2D eigenvalue weighted by atomic mass is 32.1. The standard InChI is InChI=1S/C15H11NO2S/c1-18-13-5-4-10-6-12(3-2-11(10)7-13)15-16-8-14(9-17)19-15/h2-9H,1H3. The van der Waals surface area contributed by atoms with E-state index in [0.717, 1.165) is 33.4 Å². The highest BCUT2D eigenvalue weighted by Crippen LogP contribution is 2.29. The largest absolute Gasteiger partial charge is 0.497 e. The SMILES string of the molecule is COc1ccc2cc(-c3ncc(C=O)s3)ccc2c1. The first-order valence-corrected chi connectivity index (χ1v) is 6.61. The van der Waals surface area contributed by atoms with Crippen LogP contribution >= 0.6 is 11.3 Å². The monoisotopic (exact) mass is 269 g/mol. The molecule has 0 saturated heterocycles. The molecule has 0 fully saturated rings. The fraction of sp³-hybridized carbons (Fsp3) is 0.0667. The molecule has 94 valence electrons. The van der Waals surface area contributed by atoms with Gasteiger partial charge in [-0.15, -0.1) is 11.3 Å². The van der Waals surface area contributed by atoms with Gasteiger partial charge in [-0.05, 0) is 29.0 Å². The molecule has 1 heterocycles. The van der Waals surface area contributed by atoms with Crippen molar-refractivity contribution in [1.82, 2.24) is 4.98 Å². The summed E-state index contributed by atoms with van der Waals surface area (Å²) >= 11 is 1.40. The third-order valence-electron chi connectivity index (χ3n) is 2.93. The third-order valence-corrected chi connectivity index (χ3v) is 3.91. The molecule has 3 aromatic rings. The second kappa shape index (κ2) is 4.82. The van der Waals surface area contributed by atoms with Gasteiger partial charge in [-0.1, -0.05) is 18.2 Å². The second-order valence-electron chi connectivity index (χ2n) is 4.11. The Kier molecular flexibility index (Phi) is 3.01. The van der Waals surface area contributed by atoms with E-state index in [9.17, 15) is 4.79 Å². The Bertz CT molecular complexity index is 749. The molecule has 0 bridgehead atoms. The fourth-order valence-corrected chi connectivity index (χ4v) is 2.69. The van der Waals surface area contributed by atoms with Crippen molar-refractivity contribution in [2.75, 3.05) is 7.11 Å². The normalized spacial score (nSPS) is 10.6. The number of ether oxygens (including phenoxy) is 1. The highest BCUT2D eigenvalue weighted by Gasteiger charge is 2.05. The van der Waals surface area contributed by atoms with Crippen LogP contribution in [0.15, 0.2) is 42.6 Å². The average molecular weight is 269 g/mol. The summed E-state index contributed by atoms with van der Waals surface area (Å²) in [6.45, 7) is 0. The Balaban J connectivity index is 2.08. The summed E-state index contributed by atoms with van der Waals surface area (Å²) in [4.78, 5) is 15.6. The second-order valence-corrected chi connectivity index (χ2v) is 5.18. The van der Waals surface area contributed by atoms with Crippen LogP contribution in [0, 0.1) is 0 Å². The highest BCUT2D eigenvalue weighted by molar-refractivity contribution is 7.16. The number of carbonyl (C=O) groups is 1. The van der Waals surface area contributed by atoms with E-state index in [2.05, 4.69) is 11.1 Å². The molecule has 0 radical (unpaired) electrons. The number of carbonyl (C=O) groups excluding carboxylic acids is 1. The zero-order chi connectivity index (χ0) is 13.2. The van der Waals surface area contributed by atoms with E-state index < -0.39 is 0 Å². The van der Waals surface area contributed by atoms with Gasteiger partial charge in [0.05, 0.1) is 12.0 Å². The number of rotatable bonds is 3. The summed E-state index contributed by atoms with van der Waals surface area (Å²) in [6, 6.07) is 12.1. The topological polar surface area (TPSA) is 39.2 Å². The molecule has 4 heteroatoms. The zero-order valence-electron chi connectivity index (χ0n) is 10.3. The van der Waals surface area contributed by atoms with E-state index in [1.807, 2.05) is 30.3 Å². The van der Waals surface area contributed by atoms with Gasteiger partial charge in [-0.3, -0.25) is 4.79 Å². The molecule has 0 amide bonds. The number of fused-ring (bicyclic) bond motifs is 1. The van der Waals surface area contributed by atoms with Crippen LogP contribution in [0.2, 0.25) is 0 Å². The van der Waals surface area contributed by atoms with Crippen molar-refractivity contribution in [2.24, 2.45) is 0 Å². The number of thiazole rings is 1. The molecule has 0 spiro atoms. The smallest absolute Gasteiger partial charge is 0.161 e. The van der Waals surface area contributed by atoms with Crippen LogP contribution in [0.3, 0.4) is 0 Å². The summed E-state index contributed by atoms with van der Waals surface area (Å²) < 4.78 is 5.21. The molecule has 0 saturated carbocycles. The van der Waals surface area contributed by atoms with Crippen LogP contribution in [0.25, 0.3) is 21.3 Å². The van der Waals surface area contributed by atoms with Crippen molar-refractivity contribution < 1.29 is 9.53 Å². The number of benzene rings is 2. The van der Waals surface area contributed by atoms with Crippen LogP contribution in [0.5, 0.6) is 5.75 Å². The molecule has 0 unspecified atom stereocenters. The maximum absolute atomic E-state index is 10.7.